The van der Waals surface area contributed by atoms with Gasteiger partial charge in [-0.25, -0.2) is 4.79 Å². The first-order valence-electron chi connectivity index (χ1n) is 9.67. The molecule has 1 amide bonds. The number of carboxylic acids is 1. The molecule has 2 fully saturated rings. The highest BCUT2D eigenvalue weighted by atomic mass is 16.6. The third-order valence-electron chi connectivity index (χ3n) is 5.94. The highest BCUT2D eigenvalue weighted by Crippen LogP contribution is 2.40. The van der Waals surface area contributed by atoms with Crippen molar-refractivity contribution in [2.75, 3.05) is 0 Å². The Kier molecular flexibility index (Phi) is 5.74. The second-order valence-corrected chi connectivity index (χ2v) is 8.23. The smallest absolute Gasteiger partial charge is 0.409 e. The molecule has 152 valence electrons. The molecule has 4 unspecified atom stereocenters. The van der Waals surface area contributed by atoms with E-state index in [0.717, 1.165) is 5.56 Å². The zero-order valence-corrected chi connectivity index (χ0v) is 16.2. The van der Waals surface area contributed by atoms with Gasteiger partial charge in [0.25, 0.3) is 0 Å². The third kappa shape index (κ3) is 4.19. The van der Waals surface area contributed by atoms with Crippen molar-refractivity contribution in [1.29, 1.82) is 0 Å². The van der Waals surface area contributed by atoms with Gasteiger partial charge in [-0.05, 0) is 44.6 Å². The van der Waals surface area contributed by atoms with Crippen molar-refractivity contribution < 1.29 is 29.3 Å². The molecule has 1 saturated heterocycles. The average Bonchev–Trinajstić information content (AvgIpc) is 2.86. The van der Waals surface area contributed by atoms with Gasteiger partial charge in [0.2, 0.25) is 0 Å². The maximum atomic E-state index is 12.0. The predicted octanol–water partition coefficient (Wildman–Crippen LogP) is 3.17. The summed E-state index contributed by atoms with van der Waals surface area (Å²) in [5.74, 6) is -1.93. The van der Waals surface area contributed by atoms with Crippen LogP contribution in [0.4, 0.5) is 4.79 Å². The van der Waals surface area contributed by atoms with Crippen LogP contribution in [0.15, 0.2) is 30.3 Å². The Balaban J connectivity index is 1.85. The summed E-state index contributed by atoms with van der Waals surface area (Å²) >= 11 is 0. The van der Waals surface area contributed by atoms with E-state index < -0.39 is 35.9 Å². The lowest BCUT2D eigenvalue weighted by Gasteiger charge is -2.32. The Morgan fingerprint density at radius 3 is 2.50 bits per heavy atom. The lowest BCUT2D eigenvalue weighted by atomic mass is 9.75. The molecule has 1 aliphatic heterocycles. The van der Waals surface area contributed by atoms with Crippen LogP contribution in [-0.4, -0.2) is 50.8 Å². The summed E-state index contributed by atoms with van der Waals surface area (Å²) in [5.41, 5.74) is -0.00208. The number of aliphatic carboxylic acids is 1. The number of ether oxygens (including phenoxy) is 1. The summed E-state index contributed by atoms with van der Waals surface area (Å²) in [6.07, 6.45) is 0.354. The van der Waals surface area contributed by atoms with Gasteiger partial charge in [0.15, 0.2) is 0 Å². The molecule has 3 rings (SSSR count). The summed E-state index contributed by atoms with van der Waals surface area (Å²) in [4.78, 5) is 36.7. The van der Waals surface area contributed by atoms with Crippen LogP contribution in [0.25, 0.3) is 0 Å². The van der Waals surface area contributed by atoms with E-state index in [1.54, 1.807) is 13.8 Å². The number of ketones is 1. The van der Waals surface area contributed by atoms with Crippen molar-refractivity contribution in [1.82, 2.24) is 4.90 Å². The number of rotatable bonds is 5. The van der Waals surface area contributed by atoms with E-state index in [9.17, 15) is 24.6 Å². The Morgan fingerprint density at radius 1 is 1.21 bits per heavy atom. The van der Waals surface area contributed by atoms with Crippen molar-refractivity contribution in [3.05, 3.63) is 35.9 Å². The molecule has 1 aliphatic carbocycles. The fraction of sp³-hybridized carbons (Fsp3) is 0.571. The molecule has 0 aromatic heterocycles. The number of carbonyl (C=O) groups is 3. The molecular formula is C21H27NO6. The fourth-order valence-electron chi connectivity index (χ4n) is 4.66. The second kappa shape index (κ2) is 7.91. The number of benzene rings is 1. The number of hydrogen-bond acceptors (Lipinski definition) is 4. The largest absolute Gasteiger partial charge is 0.481 e. The molecule has 1 saturated carbocycles. The quantitative estimate of drug-likeness (QED) is 0.802. The maximum absolute atomic E-state index is 12.0. The number of carbonyl (C=O) groups excluding carboxylic acids is 1. The maximum Gasteiger partial charge on any atom is 0.409 e. The highest BCUT2D eigenvalue weighted by Gasteiger charge is 2.51. The molecule has 7 heteroatoms. The van der Waals surface area contributed by atoms with Crippen molar-refractivity contribution in [3.8, 4) is 0 Å². The number of nitrogens with zero attached hydrogens (tertiary/aromatic N) is 1. The summed E-state index contributed by atoms with van der Waals surface area (Å²) in [6.45, 7) is 3.44. The minimum absolute atomic E-state index is 0.0238. The van der Waals surface area contributed by atoms with Gasteiger partial charge in [0.1, 0.15) is 11.5 Å². The van der Waals surface area contributed by atoms with Crippen LogP contribution in [-0.2, 0) is 20.7 Å². The van der Waals surface area contributed by atoms with E-state index in [1.165, 1.54) is 4.90 Å². The Bertz CT molecular complexity index is 747. The molecule has 1 heterocycles. The monoisotopic (exact) mass is 389 g/mol. The van der Waals surface area contributed by atoms with Gasteiger partial charge in [-0.1, -0.05) is 30.3 Å². The van der Waals surface area contributed by atoms with Gasteiger partial charge in [-0.3, -0.25) is 14.5 Å². The van der Waals surface area contributed by atoms with E-state index in [-0.39, 0.29) is 18.1 Å². The lowest BCUT2D eigenvalue weighted by Crippen LogP contribution is -2.48. The SMILES string of the molecule is CC1(C)OC(CC2CCC(=O)CC2C(=O)O)C(Cc2ccccc2)N1C(=O)O. The minimum atomic E-state index is -1.05. The molecule has 2 N–H and O–H groups in total. The molecule has 4 atom stereocenters. The molecule has 2 aliphatic rings. The lowest BCUT2D eigenvalue weighted by molar-refractivity contribution is -0.148. The minimum Gasteiger partial charge on any atom is -0.481 e. The van der Waals surface area contributed by atoms with E-state index >= 15 is 0 Å². The first-order chi connectivity index (χ1) is 13.2. The number of hydrogen-bond donors (Lipinski definition) is 2. The van der Waals surface area contributed by atoms with Crippen molar-refractivity contribution >= 4 is 17.8 Å². The number of carboxylic acid groups (broad SMARTS) is 2. The van der Waals surface area contributed by atoms with Gasteiger partial charge in [0.05, 0.1) is 18.1 Å². The zero-order valence-electron chi connectivity index (χ0n) is 16.2. The van der Waals surface area contributed by atoms with Crippen LogP contribution < -0.4 is 0 Å². The first kappa shape index (κ1) is 20.3. The van der Waals surface area contributed by atoms with Crippen LogP contribution in [0.2, 0.25) is 0 Å². The van der Waals surface area contributed by atoms with Gasteiger partial charge < -0.3 is 14.9 Å². The predicted molar refractivity (Wildman–Crippen MR) is 101 cm³/mol. The molecule has 7 nitrogen and oxygen atoms in total. The Morgan fingerprint density at radius 2 is 1.89 bits per heavy atom. The molecule has 0 bridgehead atoms. The summed E-state index contributed by atoms with van der Waals surface area (Å²) in [7, 11) is 0. The number of Topliss-reactive ketones (excluding diaryl/α,β-unsaturated/α-hetero) is 1. The van der Waals surface area contributed by atoms with Gasteiger partial charge in [-0.15, -0.1) is 0 Å². The molecule has 0 radical (unpaired) electrons. The summed E-state index contributed by atoms with van der Waals surface area (Å²) in [5, 5.41) is 19.3. The normalized spacial score (nSPS) is 29.6. The van der Waals surface area contributed by atoms with Crippen molar-refractivity contribution in [3.63, 3.8) is 0 Å². The standard InChI is InChI=1S/C21H27NO6/c1-21(2)22(20(26)27)17(10-13-6-4-3-5-7-13)18(28-21)11-14-8-9-15(23)12-16(14)19(24)25/h3-7,14,16-18H,8-12H2,1-2H3,(H,24,25)(H,26,27). The molecular weight excluding hydrogens is 362 g/mol. The molecule has 1 aromatic rings. The average molecular weight is 389 g/mol. The third-order valence-corrected chi connectivity index (χ3v) is 5.94. The summed E-state index contributed by atoms with van der Waals surface area (Å²) < 4.78 is 6.13. The highest BCUT2D eigenvalue weighted by molar-refractivity contribution is 5.85. The van der Waals surface area contributed by atoms with Crippen molar-refractivity contribution in [2.24, 2.45) is 11.8 Å². The summed E-state index contributed by atoms with van der Waals surface area (Å²) in [6, 6.07) is 9.19. The van der Waals surface area contributed by atoms with Crippen LogP contribution in [0.3, 0.4) is 0 Å². The fourth-order valence-corrected chi connectivity index (χ4v) is 4.66. The van der Waals surface area contributed by atoms with Crippen LogP contribution in [0, 0.1) is 11.8 Å². The van der Waals surface area contributed by atoms with Crippen molar-refractivity contribution in [2.45, 2.75) is 63.8 Å². The molecule has 0 spiro atoms. The van der Waals surface area contributed by atoms with Crippen LogP contribution in [0.5, 0.6) is 0 Å². The topological polar surface area (TPSA) is 104 Å². The second-order valence-electron chi connectivity index (χ2n) is 8.23. The molecule has 1 aromatic carbocycles. The zero-order chi connectivity index (χ0) is 20.5. The van der Waals surface area contributed by atoms with Gasteiger partial charge in [-0.2, -0.15) is 0 Å². The van der Waals surface area contributed by atoms with Crippen LogP contribution in [0.1, 0.15) is 45.1 Å². The van der Waals surface area contributed by atoms with E-state index in [2.05, 4.69) is 0 Å². The van der Waals surface area contributed by atoms with Crippen LogP contribution >= 0.6 is 0 Å². The van der Waals surface area contributed by atoms with Gasteiger partial charge in [0, 0.05) is 12.8 Å². The van der Waals surface area contributed by atoms with Gasteiger partial charge >= 0.3 is 12.1 Å². The van der Waals surface area contributed by atoms with E-state index in [0.29, 0.717) is 25.7 Å². The first-order valence-corrected chi connectivity index (χ1v) is 9.67. The molecule has 28 heavy (non-hydrogen) atoms. The Labute approximate surface area is 164 Å². The van der Waals surface area contributed by atoms with E-state index in [4.69, 9.17) is 4.74 Å². The Hall–Kier alpha value is -2.41. The van der Waals surface area contributed by atoms with E-state index in [1.807, 2.05) is 30.3 Å². The number of amides is 1.